The van der Waals surface area contributed by atoms with Crippen molar-refractivity contribution in [1.29, 1.82) is 0 Å². The third kappa shape index (κ3) is 7.15. The Morgan fingerprint density at radius 2 is 2.15 bits per heavy atom. The third-order valence-corrected chi connectivity index (χ3v) is 5.16. The van der Waals surface area contributed by atoms with E-state index in [0.717, 1.165) is 48.4 Å². The normalized spacial score (nSPS) is 12.7. The van der Waals surface area contributed by atoms with Gasteiger partial charge in [-0.15, -0.1) is 11.3 Å². The number of guanidine groups is 1. The first kappa shape index (κ1) is 21.1. The molecule has 1 unspecified atom stereocenters. The number of nitrogens with one attached hydrogen (secondary N) is 2. The highest BCUT2D eigenvalue weighted by atomic mass is 32.1. The Bertz CT molecular complexity index is 691. The molecule has 0 aliphatic carbocycles. The summed E-state index contributed by atoms with van der Waals surface area (Å²) in [6.45, 7) is 4.51. The number of hydrogen-bond donors (Lipinski definition) is 2. The van der Waals surface area contributed by atoms with Crippen LogP contribution in [-0.4, -0.2) is 55.1 Å². The Labute approximate surface area is 165 Å². The quantitative estimate of drug-likeness (QED) is 0.369. The molecule has 0 saturated carbocycles. The van der Waals surface area contributed by atoms with Crippen LogP contribution < -0.4 is 10.6 Å². The summed E-state index contributed by atoms with van der Waals surface area (Å²) >= 11 is 1.63. The predicted octanol–water partition coefficient (Wildman–Crippen LogP) is 3.15. The Kier molecular flexibility index (Phi) is 9.00. The molecule has 27 heavy (non-hydrogen) atoms. The molecule has 0 aliphatic rings. The summed E-state index contributed by atoms with van der Waals surface area (Å²) in [5.74, 6) is 1.80. The van der Waals surface area contributed by atoms with Gasteiger partial charge in [0.2, 0.25) is 0 Å². The monoisotopic (exact) mass is 390 g/mol. The second-order valence-electron chi connectivity index (χ2n) is 6.23. The lowest BCUT2D eigenvalue weighted by Crippen LogP contribution is -2.39. The minimum atomic E-state index is 0.0335. The lowest BCUT2D eigenvalue weighted by atomic mass is 10.3. The van der Waals surface area contributed by atoms with Gasteiger partial charge in [0.05, 0.1) is 12.2 Å². The number of thiazole rings is 1. The minimum Gasteiger partial charge on any atom is -0.375 e. The van der Waals surface area contributed by atoms with E-state index in [2.05, 4.69) is 35.9 Å². The van der Waals surface area contributed by atoms with Gasteiger partial charge in [-0.2, -0.15) is 0 Å². The van der Waals surface area contributed by atoms with Crippen LogP contribution in [0.25, 0.3) is 0 Å². The number of aromatic nitrogens is 2. The van der Waals surface area contributed by atoms with Gasteiger partial charge in [-0.3, -0.25) is 4.99 Å². The predicted molar refractivity (Wildman–Crippen MR) is 112 cm³/mol. The van der Waals surface area contributed by atoms with Gasteiger partial charge in [-0.1, -0.05) is 6.07 Å². The Balaban J connectivity index is 1.67. The fraction of sp³-hybridized carbons (Fsp3) is 0.526. The van der Waals surface area contributed by atoms with Crippen LogP contribution in [0.15, 0.2) is 34.8 Å². The average molecular weight is 391 g/mol. The van der Waals surface area contributed by atoms with Gasteiger partial charge in [-0.25, -0.2) is 9.97 Å². The maximum Gasteiger partial charge on any atom is 0.193 e. The molecule has 2 rings (SSSR count). The van der Waals surface area contributed by atoms with Crippen molar-refractivity contribution in [1.82, 2.24) is 20.2 Å². The van der Waals surface area contributed by atoms with E-state index in [0.29, 0.717) is 6.54 Å². The summed E-state index contributed by atoms with van der Waals surface area (Å²) < 4.78 is 5.33. The molecule has 0 bridgehead atoms. The van der Waals surface area contributed by atoms with Crippen molar-refractivity contribution in [2.24, 2.45) is 4.99 Å². The fourth-order valence-electron chi connectivity index (χ4n) is 2.52. The average Bonchev–Trinajstić information content (AvgIpc) is 3.16. The standard InChI is InChI=1S/C19H30N6OS/c1-15(26-4)18-24-16(14-27-18)13-25(3)19(20-2)23-12-8-7-11-22-17-9-5-6-10-21-17/h5-6,9-10,14-15H,7-8,11-13H2,1-4H3,(H,20,23)(H,21,22). The summed E-state index contributed by atoms with van der Waals surface area (Å²) in [7, 11) is 5.53. The van der Waals surface area contributed by atoms with Gasteiger partial charge in [0.25, 0.3) is 0 Å². The molecule has 2 N–H and O–H groups in total. The first-order chi connectivity index (χ1) is 13.1. The number of nitrogens with zero attached hydrogens (tertiary/aromatic N) is 4. The van der Waals surface area contributed by atoms with E-state index in [-0.39, 0.29) is 6.10 Å². The summed E-state index contributed by atoms with van der Waals surface area (Å²) in [5.41, 5.74) is 1.03. The van der Waals surface area contributed by atoms with Crippen LogP contribution in [0, 0.1) is 0 Å². The van der Waals surface area contributed by atoms with E-state index in [1.54, 1.807) is 31.7 Å². The van der Waals surface area contributed by atoms with Crippen molar-refractivity contribution in [3.05, 3.63) is 40.5 Å². The molecule has 2 aromatic rings. The largest absolute Gasteiger partial charge is 0.375 e. The Morgan fingerprint density at radius 1 is 1.33 bits per heavy atom. The summed E-state index contributed by atoms with van der Waals surface area (Å²) in [6, 6.07) is 5.88. The lowest BCUT2D eigenvalue weighted by Gasteiger charge is -2.21. The maximum absolute atomic E-state index is 5.33. The molecule has 8 heteroatoms. The lowest BCUT2D eigenvalue weighted by molar-refractivity contribution is 0.119. The minimum absolute atomic E-state index is 0.0335. The summed E-state index contributed by atoms with van der Waals surface area (Å²) in [6.07, 6.45) is 3.95. The van der Waals surface area contributed by atoms with Crippen molar-refractivity contribution in [2.45, 2.75) is 32.4 Å². The van der Waals surface area contributed by atoms with Crippen LogP contribution in [0.1, 0.15) is 36.6 Å². The van der Waals surface area contributed by atoms with Gasteiger partial charge in [0.15, 0.2) is 5.96 Å². The van der Waals surface area contributed by atoms with Gasteiger partial charge in [0, 0.05) is 45.9 Å². The van der Waals surface area contributed by atoms with E-state index in [1.807, 2.05) is 32.2 Å². The van der Waals surface area contributed by atoms with Gasteiger partial charge in [0.1, 0.15) is 16.9 Å². The first-order valence-electron chi connectivity index (χ1n) is 9.17. The Morgan fingerprint density at radius 3 is 2.85 bits per heavy atom. The smallest absolute Gasteiger partial charge is 0.193 e. The second kappa shape index (κ2) is 11.5. The highest BCUT2D eigenvalue weighted by molar-refractivity contribution is 7.09. The van der Waals surface area contributed by atoms with E-state index in [4.69, 9.17) is 4.74 Å². The van der Waals surface area contributed by atoms with E-state index in [9.17, 15) is 0 Å². The molecule has 2 heterocycles. The number of hydrogen-bond acceptors (Lipinski definition) is 6. The number of methoxy groups -OCH3 is 1. The molecule has 0 amide bonds. The number of rotatable bonds is 10. The van der Waals surface area contributed by atoms with Crippen LogP contribution in [0.4, 0.5) is 5.82 Å². The van der Waals surface area contributed by atoms with Crippen LogP contribution in [-0.2, 0) is 11.3 Å². The molecular weight excluding hydrogens is 360 g/mol. The summed E-state index contributed by atoms with van der Waals surface area (Å²) in [4.78, 5) is 15.3. The van der Waals surface area contributed by atoms with Crippen LogP contribution in [0.3, 0.4) is 0 Å². The number of anilines is 1. The second-order valence-corrected chi connectivity index (χ2v) is 7.12. The molecule has 7 nitrogen and oxygen atoms in total. The molecule has 0 fully saturated rings. The van der Waals surface area contributed by atoms with Crippen molar-refractivity contribution in [3.63, 3.8) is 0 Å². The topological polar surface area (TPSA) is 74.7 Å². The molecule has 148 valence electrons. The van der Waals surface area contributed by atoms with Crippen LogP contribution in [0.2, 0.25) is 0 Å². The summed E-state index contributed by atoms with van der Waals surface area (Å²) in [5, 5.41) is 9.82. The number of unbranched alkanes of at least 4 members (excludes halogenated alkanes) is 1. The zero-order valence-corrected chi connectivity index (χ0v) is 17.4. The van der Waals surface area contributed by atoms with Gasteiger partial charge >= 0.3 is 0 Å². The Hall–Kier alpha value is -2.19. The van der Waals surface area contributed by atoms with Crippen molar-refractivity contribution < 1.29 is 4.74 Å². The van der Waals surface area contributed by atoms with Crippen LogP contribution >= 0.6 is 11.3 Å². The molecule has 0 radical (unpaired) electrons. The number of ether oxygens (including phenoxy) is 1. The molecule has 0 saturated heterocycles. The maximum atomic E-state index is 5.33. The first-order valence-corrected chi connectivity index (χ1v) is 10.1. The molecule has 0 spiro atoms. The molecular formula is C19H30N6OS. The zero-order valence-electron chi connectivity index (χ0n) is 16.6. The highest BCUT2D eigenvalue weighted by Gasteiger charge is 2.12. The molecule has 1 atom stereocenters. The van der Waals surface area contributed by atoms with Crippen molar-refractivity contribution in [2.75, 3.05) is 39.6 Å². The van der Waals surface area contributed by atoms with Gasteiger partial charge < -0.3 is 20.3 Å². The van der Waals surface area contributed by atoms with Crippen LogP contribution in [0.5, 0.6) is 0 Å². The molecule has 0 aromatic carbocycles. The number of pyridine rings is 1. The highest BCUT2D eigenvalue weighted by Crippen LogP contribution is 2.20. The molecule has 2 aromatic heterocycles. The third-order valence-electron chi connectivity index (χ3n) is 4.10. The number of aliphatic imine (C=N–C) groups is 1. The zero-order chi connectivity index (χ0) is 19.5. The van der Waals surface area contributed by atoms with Gasteiger partial charge in [-0.05, 0) is 31.9 Å². The molecule has 0 aliphatic heterocycles. The SMILES string of the molecule is CN=C(NCCCCNc1ccccn1)N(C)Cc1csc(C(C)OC)n1. The van der Waals surface area contributed by atoms with Crippen molar-refractivity contribution >= 4 is 23.1 Å². The van der Waals surface area contributed by atoms with E-state index < -0.39 is 0 Å². The van der Waals surface area contributed by atoms with Crippen molar-refractivity contribution in [3.8, 4) is 0 Å². The van der Waals surface area contributed by atoms with E-state index >= 15 is 0 Å². The fourth-order valence-corrected chi connectivity index (χ4v) is 3.36. The van der Waals surface area contributed by atoms with E-state index in [1.165, 1.54) is 0 Å².